The van der Waals surface area contributed by atoms with Crippen LogP contribution in [0.3, 0.4) is 0 Å². The number of ether oxygens (including phenoxy) is 1. The van der Waals surface area contributed by atoms with Gasteiger partial charge in [0.25, 0.3) is 0 Å². The summed E-state index contributed by atoms with van der Waals surface area (Å²) < 4.78 is 6.61. The van der Waals surface area contributed by atoms with Gasteiger partial charge in [-0.05, 0) is 18.1 Å². The summed E-state index contributed by atoms with van der Waals surface area (Å²) >= 11 is 1.53. The van der Waals surface area contributed by atoms with Crippen LogP contribution in [-0.2, 0) is 11.8 Å². The number of esters is 1. The van der Waals surface area contributed by atoms with Crippen molar-refractivity contribution in [3.05, 3.63) is 35.5 Å². The zero-order valence-corrected chi connectivity index (χ0v) is 15.0. The highest BCUT2D eigenvalue weighted by Crippen LogP contribution is 2.29. The molecule has 0 saturated carbocycles. The van der Waals surface area contributed by atoms with Gasteiger partial charge in [0.15, 0.2) is 0 Å². The highest BCUT2D eigenvalue weighted by Gasteiger charge is 2.28. The monoisotopic (exact) mass is 344 g/mol. The lowest BCUT2D eigenvalue weighted by Gasteiger charge is -2.07. The number of Topliss-reactive ketones (excluding diaryl/α,β-unsaturated/α-hetero) is 1. The molecule has 5 nitrogen and oxygen atoms in total. The SMILES string of the molecule is COC(=O)c1ccc2c(C(=O)C3=NC(C(C)C)CS3)cn(C)c2c1. The van der Waals surface area contributed by atoms with Crippen molar-refractivity contribution < 1.29 is 14.3 Å². The number of nitrogens with zero attached hydrogens (tertiary/aromatic N) is 2. The van der Waals surface area contributed by atoms with Crippen molar-refractivity contribution in [2.45, 2.75) is 19.9 Å². The molecule has 0 amide bonds. The third-order valence-electron chi connectivity index (χ3n) is 4.29. The first-order chi connectivity index (χ1) is 11.4. The molecule has 24 heavy (non-hydrogen) atoms. The number of methoxy groups -OCH3 is 1. The van der Waals surface area contributed by atoms with E-state index in [1.807, 2.05) is 11.6 Å². The number of ketones is 1. The van der Waals surface area contributed by atoms with Gasteiger partial charge >= 0.3 is 5.97 Å². The second kappa shape index (κ2) is 6.43. The number of carbonyl (C=O) groups is 2. The third kappa shape index (κ3) is 2.86. The molecule has 126 valence electrons. The van der Waals surface area contributed by atoms with E-state index in [9.17, 15) is 9.59 Å². The lowest BCUT2D eigenvalue weighted by atomic mass is 10.1. The van der Waals surface area contributed by atoms with E-state index in [1.165, 1.54) is 18.9 Å². The molecule has 0 radical (unpaired) electrons. The summed E-state index contributed by atoms with van der Waals surface area (Å²) in [6, 6.07) is 5.44. The smallest absolute Gasteiger partial charge is 0.337 e. The predicted molar refractivity (Wildman–Crippen MR) is 97.1 cm³/mol. The zero-order valence-electron chi connectivity index (χ0n) is 14.2. The van der Waals surface area contributed by atoms with Crippen molar-refractivity contribution >= 4 is 39.5 Å². The van der Waals surface area contributed by atoms with Gasteiger partial charge in [0.05, 0.1) is 24.3 Å². The summed E-state index contributed by atoms with van der Waals surface area (Å²) in [5.41, 5.74) is 1.92. The lowest BCUT2D eigenvalue weighted by Crippen LogP contribution is -2.12. The molecule has 1 atom stereocenters. The minimum atomic E-state index is -0.388. The first-order valence-electron chi connectivity index (χ1n) is 7.85. The lowest BCUT2D eigenvalue weighted by molar-refractivity contribution is 0.0601. The maximum atomic E-state index is 12.9. The van der Waals surface area contributed by atoms with E-state index >= 15 is 0 Å². The summed E-state index contributed by atoms with van der Waals surface area (Å²) in [6.45, 7) is 4.24. The van der Waals surface area contributed by atoms with Crippen LogP contribution in [0.1, 0.15) is 34.6 Å². The number of benzene rings is 1. The molecular weight excluding hydrogens is 324 g/mol. The Hall–Kier alpha value is -2.08. The van der Waals surface area contributed by atoms with Crippen molar-refractivity contribution in [3.8, 4) is 0 Å². The van der Waals surface area contributed by atoms with Gasteiger partial charge in [0.1, 0.15) is 5.04 Å². The maximum Gasteiger partial charge on any atom is 0.337 e. The van der Waals surface area contributed by atoms with Crippen LogP contribution in [0.4, 0.5) is 0 Å². The number of rotatable bonds is 4. The number of aromatic nitrogens is 1. The zero-order chi connectivity index (χ0) is 17.4. The van der Waals surface area contributed by atoms with Gasteiger partial charge in [-0.2, -0.15) is 0 Å². The summed E-state index contributed by atoms with van der Waals surface area (Å²) in [6.07, 6.45) is 1.81. The Balaban J connectivity index is 2.00. The van der Waals surface area contributed by atoms with Crippen LogP contribution in [-0.4, -0.2) is 40.3 Å². The van der Waals surface area contributed by atoms with Crippen LogP contribution in [0, 0.1) is 5.92 Å². The molecule has 0 saturated heterocycles. The normalized spacial score (nSPS) is 17.4. The summed E-state index contributed by atoms with van der Waals surface area (Å²) in [5.74, 6) is 0.856. The molecule has 2 heterocycles. The molecule has 1 aliphatic rings. The predicted octanol–water partition coefficient (Wildman–Crippen LogP) is 3.32. The van der Waals surface area contributed by atoms with Crippen molar-refractivity contribution in [2.75, 3.05) is 12.9 Å². The topological polar surface area (TPSA) is 60.7 Å². The van der Waals surface area contributed by atoms with Crippen LogP contribution in [0.25, 0.3) is 10.9 Å². The van der Waals surface area contributed by atoms with Crippen LogP contribution in [0.5, 0.6) is 0 Å². The molecule has 0 bridgehead atoms. The van der Waals surface area contributed by atoms with Crippen LogP contribution >= 0.6 is 11.8 Å². The third-order valence-corrected chi connectivity index (χ3v) is 5.37. The molecule has 0 spiro atoms. The van der Waals surface area contributed by atoms with Crippen molar-refractivity contribution in [2.24, 2.45) is 18.0 Å². The molecule has 0 fully saturated rings. The van der Waals surface area contributed by atoms with Crippen LogP contribution in [0.2, 0.25) is 0 Å². The largest absolute Gasteiger partial charge is 0.465 e. The number of aryl methyl sites for hydroxylation is 1. The molecule has 1 unspecified atom stereocenters. The second-order valence-electron chi connectivity index (χ2n) is 6.26. The molecular formula is C18H20N2O3S. The molecule has 2 aromatic rings. The van der Waals surface area contributed by atoms with Gasteiger partial charge in [-0.1, -0.05) is 19.9 Å². The average Bonchev–Trinajstić information content (AvgIpc) is 3.19. The van der Waals surface area contributed by atoms with E-state index in [4.69, 9.17) is 4.74 Å². The minimum absolute atomic E-state index is 0.0421. The second-order valence-corrected chi connectivity index (χ2v) is 7.27. The van der Waals surface area contributed by atoms with Crippen molar-refractivity contribution in [3.63, 3.8) is 0 Å². The van der Waals surface area contributed by atoms with Gasteiger partial charge in [-0.15, -0.1) is 11.8 Å². The molecule has 1 aromatic carbocycles. The summed E-state index contributed by atoms with van der Waals surface area (Å²) in [4.78, 5) is 29.1. The van der Waals surface area contributed by atoms with Crippen LogP contribution < -0.4 is 0 Å². The van der Waals surface area contributed by atoms with Crippen LogP contribution in [0.15, 0.2) is 29.4 Å². The first kappa shape index (κ1) is 16.8. The number of carbonyl (C=O) groups excluding carboxylic acids is 2. The summed E-state index contributed by atoms with van der Waals surface area (Å²) in [7, 11) is 3.22. The quantitative estimate of drug-likeness (QED) is 0.630. The number of aliphatic imine (C=N–C) groups is 1. The van der Waals surface area contributed by atoms with E-state index < -0.39 is 0 Å². The highest BCUT2D eigenvalue weighted by atomic mass is 32.2. The Morgan fingerprint density at radius 2 is 2.12 bits per heavy atom. The van der Waals surface area contributed by atoms with Gasteiger partial charge in [0, 0.05) is 29.9 Å². The number of fused-ring (bicyclic) bond motifs is 1. The van der Waals surface area contributed by atoms with E-state index in [2.05, 4.69) is 18.8 Å². The molecule has 1 aromatic heterocycles. The average molecular weight is 344 g/mol. The molecule has 0 aliphatic carbocycles. The Morgan fingerprint density at radius 3 is 2.75 bits per heavy atom. The van der Waals surface area contributed by atoms with E-state index in [0.29, 0.717) is 22.1 Å². The molecule has 3 rings (SSSR count). The van der Waals surface area contributed by atoms with E-state index in [0.717, 1.165) is 16.7 Å². The number of thioether (sulfide) groups is 1. The fourth-order valence-electron chi connectivity index (χ4n) is 2.78. The van der Waals surface area contributed by atoms with Gasteiger partial charge in [0.2, 0.25) is 5.78 Å². The summed E-state index contributed by atoms with van der Waals surface area (Å²) in [5, 5.41) is 1.41. The Morgan fingerprint density at radius 1 is 1.38 bits per heavy atom. The fourth-order valence-corrected chi connectivity index (χ4v) is 4.02. The molecule has 0 N–H and O–H groups in total. The number of hydrogen-bond acceptors (Lipinski definition) is 5. The minimum Gasteiger partial charge on any atom is -0.465 e. The first-order valence-corrected chi connectivity index (χ1v) is 8.83. The Bertz CT molecular complexity index is 851. The van der Waals surface area contributed by atoms with Gasteiger partial charge in [-0.3, -0.25) is 9.79 Å². The molecule has 1 aliphatic heterocycles. The van der Waals surface area contributed by atoms with E-state index in [1.54, 1.807) is 24.4 Å². The standard InChI is InChI=1S/C18H20N2O3S/c1-10(2)14-9-24-17(19-14)16(21)13-8-20(3)15-7-11(18(22)23-4)5-6-12(13)15/h5-8,10,14H,9H2,1-4H3. The van der Waals surface area contributed by atoms with Gasteiger partial charge < -0.3 is 9.30 Å². The van der Waals surface area contributed by atoms with E-state index in [-0.39, 0.29) is 17.8 Å². The highest BCUT2D eigenvalue weighted by molar-refractivity contribution is 8.16. The van der Waals surface area contributed by atoms with Crippen molar-refractivity contribution in [1.29, 1.82) is 0 Å². The Kier molecular flexibility index (Phi) is 4.49. The van der Waals surface area contributed by atoms with Crippen molar-refractivity contribution in [1.82, 2.24) is 4.57 Å². The fraction of sp³-hybridized carbons (Fsp3) is 0.389. The molecule has 6 heteroatoms. The maximum absolute atomic E-state index is 12.9. The van der Waals surface area contributed by atoms with Gasteiger partial charge in [-0.25, -0.2) is 4.79 Å². The Labute approximate surface area is 145 Å². The number of hydrogen-bond donors (Lipinski definition) is 0.